The summed E-state index contributed by atoms with van der Waals surface area (Å²) in [5.41, 5.74) is 5.16. The van der Waals surface area contributed by atoms with Gasteiger partial charge in [-0.3, -0.25) is 5.43 Å². The predicted octanol–water partition coefficient (Wildman–Crippen LogP) is 2.20. The van der Waals surface area contributed by atoms with Gasteiger partial charge in [0.1, 0.15) is 5.60 Å². The maximum atomic E-state index is 11.3. The van der Waals surface area contributed by atoms with Crippen LogP contribution in [0.15, 0.2) is 0 Å². The van der Waals surface area contributed by atoms with E-state index in [2.05, 4.69) is 17.8 Å². The first-order valence-electron chi connectivity index (χ1n) is 5.61. The van der Waals surface area contributed by atoms with E-state index >= 15 is 0 Å². The Labute approximate surface area is 91.7 Å². The molecule has 0 aliphatic heterocycles. The summed E-state index contributed by atoms with van der Waals surface area (Å²) >= 11 is 0. The maximum Gasteiger partial charge on any atom is 0.422 e. The minimum atomic E-state index is -0.436. The standard InChI is InChI=1S/C11H22N2O2/c1-8-5-6-9(7-8)12-13-10(14)15-11(2,3)4/h8-9,12H,5-7H2,1-4H3,(H,13,14). The van der Waals surface area contributed by atoms with E-state index in [4.69, 9.17) is 4.74 Å². The summed E-state index contributed by atoms with van der Waals surface area (Å²) in [5, 5.41) is 0. The van der Waals surface area contributed by atoms with Crippen LogP contribution in [-0.2, 0) is 4.74 Å². The van der Waals surface area contributed by atoms with Crippen molar-refractivity contribution in [2.45, 2.75) is 58.6 Å². The largest absolute Gasteiger partial charge is 0.443 e. The number of amides is 1. The molecule has 1 amide bonds. The molecular formula is C11H22N2O2. The molecule has 0 heterocycles. The van der Waals surface area contributed by atoms with Gasteiger partial charge in [0.05, 0.1) is 0 Å². The highest BCUT2D eigenvalue weighted by molar-refractivity contribution is 5.67. The Morgan fingerprint density at radius 1 is 1.33 bits per heavy atom. The first kappa shape index (κ1) is 12.3. The summed E-state index contributed by atoms with van der Waals surface area (Å²) in [6, 6.07) is 0.396. The predicted molar refractivity (Wildman–Crippen MR) is 59.3 cm³/mol. The molecule has 1 saturated carbocycles. The smallest absolute Gasteiger partial charge is 0.422 e. The van der Waals surface area contributed by atoms with E-state index in [1.165, 1.54) is 6.42 Å². The number of nitrogens with one attached hydrogen (secondary N) is 2. The molecule has 0 spiro atoms. The zero-order valence-corrected chi connectivity index (χ0v) is 10.1. The van der Waals surface area contributed by atoms with Gasteiger partial charge in [0.25, 0.3) is 0 Å². The quantitative estimate of drug-likeness (QED) is 0.693. The summed E-state index contributed by atoms with van der Waals surface area (Å²) in [4.78, 5) is 11.3. The van der Waals surface area contributed by atoms with Crippen molar-refractivity contribution >= 4 is 6.09 Å². The Balaban J connectivity index is 2.17. The van der Waals surface area contributed by atoms with Crippen molar-refractivity contribution in [1.82, 2.24) is 10.9 Å². The maximum absolute atomic E-state index is 11.3. The number of ether oxygens (including phenoxy) is 1. The minimum absolute atomic E-state index is 0.396. The molecule has 1 rings (SSSR count). The van der Waals surface area contributed by atoms with Crippen LogP contribution in [0.25, 0.3) is 0 Å². The molecule has 0 saturated heterocycles. The van der Waals surface area contributed by atoms with Gasteiger partial charge in [0.15, 0.2) is 0 Å². The monoisotopic (exact) mass is 214 g/mol. The van der Waals surface area contributed by atoms with Crippen molar-refractivity contribution in [2.24, 2.45) is 5.92 Å². The van der Waals surface area contributed by atoms with E-state index < -0.39 is 11.7 Å². The molecule has 2 unspecified atom stereocenters. The van der Waals surface area contributed by atoms with E-state index in [1.54, 1.807) is 0 Å². The highest BCUT2D eigenvalue weighted by Crippen LogP contribution is 2.23. The number of hydrogen-bond acceptors (Lipinski definition) is 3. The number of carbonyl (C=O) groups excluding carboxylic acids is 1. The van der Waals surface area contributed by atoms with E-state index in [1.807, 2.05) is 20.8 Å². The molecule has 88 valence electrons. The fourth-order valence-electron chi connectivity index (χ4n) is 1.80. The number of hydrazine groups is 1. The zero-order chi connectivity index (χ0) is 11.5. The van der Waals surface area contributed by atoms with Gasteiger partial charge in [0, 0.05) is 6.04 Å². The normalized spacial score (nSPS) is 26.4. The van der Waals surface area contributed by atoms with Crippen LogP contribution >= 0.6 is 0 Å². The third-order valence-electron chi connectivity index (χ3n) is 2.47. The third kappa shape index (κ3) is 5.02. The molecule has 0 aromatic heterocycles. The molecule has 4 heteroatoms. The van der Waals surface area contributed by atoms with E-state index in [0.29, 0.717) is 6.04 Å². The van der Waals surface area contributed by atoms with Crippen molar-refractivity contribution in [3.8, 4) is 0 Å². The molecule has 0 aromatic carbocycles. The minimum Gasteiger partial charge on any atom is -0.443 e. The second-order valence-corrected chi connectivity index (χ2v) is 5.39. The molecule has 1 aliphatic rings. The number of hydrogen-bond donors (Lipinski definition) is 2. The Bertz CT molecular complexity index is 223. The van der Waals surface area contributed by atoms with Gasteiger partial charge in [0.2, 0.25) is 0 Å². The lowest BCUT2D eigenvalue weighted by atomic mass is 10.1. The van der Waals surface area contributed by atoms with Gasteiger partial charge in [-0.25, -0.2) is 10.2 Å². The molecule has 2 N–H and O–H groups in total. The number of rotatable bonds is 2. The Morgan fingerprint density at radius 3 is 2.47 bits per heavy atom. The molecular weight excluding hydrogens is 192 g/mol. The van der Waals surface area contributed by atoms with Crippen LogP contribution in [0.4, 0.5) is 4.79 Å². The van der Waals surface area contributed by atoms with Gasteiger partial charge in [-0.1, -0.05) is 6.92 Å². The fourth-order valence-corrected chi connectivity index (χ4v) is 1.80. The van der Waals surface area contributed by atoms with Crippen molar-refractivity contribution < 1.29 is 9.53 Å². The van der Waals surface area contributed by atoms with Crippen LogP contribution < -0.4 is 10.9 Å². The van der Waals surface area contributed by atoms with Crippen molar-refractivity contribution in [3.63, 3.8) is 0 Å². The Kier molecular flexibility index (Phi) is 3.97. The van der Waals surface area contributed by atoms with Crippen LogP contribution in [0.3, 0.4) is 0 Å². The second kappa shape index (κ2) is 4.84. The molecule has 1 fully saturated rings. The first-order chi connectivity index (χ1) is 6.87. The van der Waals surface area contributed by atoms with Crippen molar-refractivity contribution in [2.75, 3.05) is 0 Å². The second-order valence-electron chi connectivity index (χ2n) is 5.39. The van der Waals surface area contributed by atoms with Crippen LogP contribution in [-0.4, -0.2) is 17.7 Å². The summed E-state index contributed by atoms with van der Waals surface area (Å²) in [7, 11) is 0. The number of carbonyl (C=O) groups is 1. The van der Waals surface area contributed by atoms with Gasteiger partial charge in [-0.2, -0.15) is 0 Å². The molecule has 0 radical (unpaired) electrons. The average molecular weight is 214 g/mol. The Hall–Kier alpha value is -0.770. The first-order valence-corrected chi connectivity index (χ1v) is 5.61. The fraction of sp³-hybridized carbons (Fsp3) is 0.909. The van der Waals surface area contributed by atoms with Gasteiger partial charge < -0.3 is 4.74 Å². The third-order valence-corrected chi connectivity index (χ3v) is 2.47. The summed E-state index contributed by atoms with van der Waals surface area (Å²) < 4.78 is 5.11. The SMILES string of the molecule is CC1CCC(NNC(=O)OC(C)(C)C)C1. The van der Waals surface area contributed by atoms with Crippen LogP contribution in [0.2, 0.25) is 0 Å². The van der Waals surface area contributed by atoms with Gasteiger partial charge >= 0.3 is 6.09 Å². The van der Waals surface area contributed by atoms with Crippen LogP contribution in [0, 0.1) is 5.92 Å². The lowest BCUT2D eigenvalue weighted by molar-refractivity contribution is 0.0488. The summed E-state index contributed by atoms with van der Waals surface area (Å²) in [6.45, 7) is 7.79. The molecule has 4 nitrogen and oxygen atoms in total. The van der Waals surface area contributed by atoms with Crippen LogP contribution in [0.5, 0.6) is 0 Å². The Morgan fingerprint density at radius 2 is 2.00 bits per heavy atom. The van der Waals surface area contributed by atoms with Crippen molar-refractivity contribution in [3.05, 3.63) is 0 Å². The summed E-state index contributed by atoms with van der Waals surface area (Å²) in [6.07, 6.45) is 3.07. The average Bonchev–Trinajstić information content (AvgIpc) is 2.45. The van der Waals surface area contributed by atoms with Crippen LogP contribution in [0.1, 0.15) is 47.0 Å². The van der Waals surface area contributed by atoms with Crippen molar-refractivity contribution in [1.29, 1.82) is 0 Å². The topological polar surface area (TPSA) is 50.4 Å². The lowest BCUT2D eigenvalue weighted by Crippen LogP contribution is -2.45. The zero-order valence-electron chi connectivity index (χ0n) is 10.1. The van der Waals surface area contributed by atoms with Gasteiger partial charge in [-0.05, 0) is 46.0 Å². The highest BCUT2D eigenvalue weighted by atomic mass is 16.6. The van der Waals surface area contributed by atoms with E-state index in [9.17, 15) is 4.79 Å². The van der Waals surface area contributed by atoms with E-state index in [-0.39, 0.29) is 0 Å². The molecule has 1 aliphatic carbocycles. The molecule has 2 atom stereocenters. The molecule has 0 bridgehead atoms. The lowest BCUT2D eigenvalue weighted by Gasteiger charge is -2.21. The molecule has 15 heavy (non-hydrogen) atoms. The summed E-state index contributed by atoms with van der Waals surface area (Å²) in [5.74, 6) is 0.753. The molecule has 0 aromatic rings. The van der Waals surface area contributed by atoms with E-state index in [0.717, 1.165) is 18.8 Å². The highest BCUT2D eigenvalue weighted by Gasteiger charge is 2.22. The van der Waals surface area contributed by atoms with Gasteiger partial charge in [-0.15, -0.1) is 0 Å².